The van der Waals surface area contributed by atoms with E-state index in [2.05, 4.69) is 15.9 Å². The van der Waals surface area contributed by atoms with Crippen molar-refractivity contribution in [2.75, 3.05) is 14.2 Å². The largest absolute Gasteiger partial charge is 0.493 e. The molecule has 1 atom stereocenters. The molecule has 2 aromatic rings. The maximum atomic E-state index is 13.2. The first kappa shape index (κ1) is 15.8. The van der Waals surface area contributed by atoms with Crippen LogP contribution in [0.1, 0.15) is 17.2 Å². The van der Waals surface area contributed by atoms with Gasteiger partial charge in [-0.05, 0) is 51.3 Å². The molecule has 2 rings (SSSR count). The van der Waals surface area contributed by atoms with E-state index in [9.17, 15) is 9.50 Å². The first-order chi connectivity index (χ1) is 10.0. The summed E-state index contributed by atoms with van der Waals surface area (Å²) in [4.78, 5) is 0. The fraction of sp³-hybridized carbons (Fsp3) is 0.250. The van der Waals surface area contributed by atoms with Crippen molar-refractivity contribution in [1.82, 2.24) is 0 Å². The van der Waals surface area contributed by atoms with Crippen molar-refractivity contribution in [3.63, 3.8) is 0 Å². The number of aliphatic hydroxyl groups excluding tert-OH is 1. The average Bonchev–Trinajstić information content (AvgIpc) is 2.50. The number of hydrogen-bond acceptors (Lipinski definition) is 3. The van der Waals surface area contributed by atoms with Crippen LogP contribution < -0.4 is 9.47 Å². The maximum absolute atomic E-state index is 13.2. The van der Waals surface area contributed by atoms with Crippen LogP contribution in [0.3, 0.4) is 0 Å². The van der Waals surface area contributed by atoms with Gasteiger partial charge in [0.1, 0.15) is 5.82 Å². The molecule has 0 aliphatic carbocycles. The van der Waals surface area contributed by atoms with Gasteiger partial charge in [-0.1, -0.05) is 12.1 Å². The molecule has 1 unspecified atom stereocenters. The minimum atomic E-state index is -0.706. The zero-order valence-corrected chi connectivity index (χ0v) is 13.4. The second-order valence-corrected chi connectivity index (χ2v) is 5.44. The van der Waals surface area contributed by atoms with Gasteiger partial charge < -0.3 is 14.6 Å². The Morgan fingerprint density at radius 1 is 1.10 bits per heavy atom. The van der Waals surface area contributed by atoms with E-state index in [1.54, 1.807) is 44.6 Å². The molecule has 0 aliphatic rings. The van der Waals surface area contributed by atoms with E-state index in [4.69, 9.17) is 9.47 Å². The van der Waals surface area contributed by atoms with E-state index in [1.807, 2.05) is 0 Å². The number of halogens is 2. The second kappa shape index (κ2) is 6.91. The quantitative estimate of drug-likeness (QED) is 0.885. The molecule has 5 heteroatoms. The van der Waals surface area contributed by atoms with Crippen molar-refractivity contribution in [2.24, 2.45) is 0 Å². The first-order valence-electron chi connectivity index (χ1n) is 6.39. The molecule has 0 saturated carbocycles. The van der Waals surface area contributed by atoms with Crippen molar-refractivity contribution >= 4 is 15.9 Å². The first-order valence-corrected chi connectivity index (χ1v) is 7.18. The van der Waals surface area contributed by atoms with Crippen molar-refractivity contribution in [3.8, 4) is 11.5 Å². The Morgan fingerprint density at radius 3 is 2.43 bits per heavy atom. The summed E-state index contributed by atoms with van der Waals surface area (Å²) in [6, 6.07) is 9.97. The fourth-order valence-electron chi connectivity index (χ4n) is 2.07. The minimum absolute atomic E-state index is 0.320. The molecule has 0 spiro atoms. The van der Waals surface area contributed by atoms with Crippen LogP contribution in [0.15, 0.2) is 40.9 Å². The van der Waals surface area contributed by atoms with Crippen LogP contribution in [0.25, 0.3) is 0 Å². The Labute approximate surface area is 131 Å². The summed E-state index contributed by atoms with van der Waals surface area (Å²) in [5.41, 5.74) is 1.55. The van der Waals surface area contributed by atoms with Gasteiger partial charge >= 0.3 is 0 Å². The fourth-order valence-corrected chi connectivity index (χ4v) is 2.49. The summed E-state index contributed by atoms with van der Waals surface area (Å²) < 4.78 is 24.0. The summed E-state index contributed by atoms with van der Waals surface area (Å²) in [6.07, 6.45) is -0.323. The third-order valence-corrected chi connectivity index (χ3v) is 3.81. The van der Waals surface area contributed by atoms with E-state index in [-0.39, 0.29) is 5.82 Å². The average molecular weight is 355 g/mol. The van der Waals surface area contributed by atoms with Crippen molar-refractivity contribution < 1.29 is 19.0 Å². The highest BCUT2D eigenvalue weighted by molar-refractivity contribution is 9.10. The lowest BCUT2D eigenvalue weighted by molar-refractivity contribution is 0.178. The Kier molecular flexibility index (Phi) is 5.20. The Hall–Kier alpha value is -1.59. The summed E-state index contributed by atoms with van der Waals surface area (Å²) in [5.74, 6) is 0.853. The number of rotatable bonds is 5. The predicted octanol–water partition coefficient (Wildman–Crippen LogP) is 3.88. The lowest BCUT2D eigenvalue weighted by Crippen LogP contribution is -2.03. The molecule has 0 saturated heterocycles. The van der Waals surface area contributed by atoms with Gasteiger partial charge in [0.15, 0.2) is 11.5 Å². The van der Waals surface area contributed by atoms with Gasteiger partial charge in [-0.2, -0.15) is 0 Å². The van der Waals surface area contributed by atoms with Gasteiger partial charge in [-0.25, -0.2) is 4.39 Å². The number of aliphatic hydroxyl groups is 1. The van der Waals surface area contributed by atoms with Gasteiger partial charge in [-0.3, -0.25) is 0 Å². The van der Waals surface area contributed by atoms with Crippen LogP contribution in [-0.2, 0) is 6.42 Å². The summed E-state index contributed by atoms with van der Waals surface area (Å²) >= 11 is 3.14. The summed E-state index contributed by atoms with van der Waals surface area (Å²) in [6.45, 7) is 0. The third kappa shape index (κ3) is 3.74. The minimum Gasteiger partial charge on any atom is -0.493 e. The molecular weight excluding hydrogens is 339 g/mol. The molecule has 2 aromatic carbocycles. The third-order valence-electron chi connectivity index (χ3n) is 3.21. The highest BCUT2D eigenvalue weighted by Gasteiger charge is 2.13. The topological polar surface area (TPSA) is 38.7 Å². The molecule has 112 valence electrons. The van der Waals surface area contributed by atoms with Crippen LogP contribution in [0.4, 0.5) is 4.39 Å². The number of methoxy groups -OCH3 is 2. The SMILES string of the molecule is COc1ccc(C(O)Cc2ccc(F)c(Br)c2)cc1OC. The lowest BCUT2D eigenvalue weighted by Gasteiger charge is -2.14. The molecule has 0 heterocycles. The second-order valence-electron chi connectivity index (χ2n) is 4.58. The van der Waals surface area contributed by atoms with Crippen molar-refractivity contribution in [3.05, 3.63) is 57.8 Å². The highest BCUT2D eigenvalue weighted by Crippen LogP contribution is 2.31. The number of hydrogen-bond donors (Lipinski definition) is 1. The van der Waals surface area contributed by atoms with Gasteiger partial charge in [0, 0.05) is 6.42 Å². The zero-order chi connectivity index (χ0) is 15.4. The number of ether oxygens (including phenoxy) is 2. The monoisotopic (exact) mass is 354 g/mol. The van der Waals surface area contributed by atoms with E-state index < -0.39 is 6.10 Å². The standard InChI is InChI=1S/C16H16BrFO3/c1-20-15-6-4-11(9-16(15)21-2)14(19)8-10-3-5-13(18)12(17)7-10/h3-7,9,14,19H,8H2,1-2H3. The molecule has 0 fully saturated rings. The molecule has 0 bridgehead atoms. The van der Waals surface area contributed by atoms with E-state index in [0.29, 0.717) is 28.0 Å². The molecule has 0 aromatic heterocycles. The lowest BCUT2D eigenvalue weighted by atomic mass is 10.0. The Bertz CT molecular complexity index is 631. The van der Waals surface area contributed by atoms with Crippen molar-refractivity contribution in [1.29, 1.82) is 0 Å². The smallest absolute Gasteiger partial charge is 0.161 e. The van der Waals surface area contributed by atoms with E-state index in [0.717, 1.165) is 5.56 Å². The Balaban J connectivity index is 2.19. The highest BCUT2D eigenvalue weighted by atomic mass is 79.9. The predicted molar refractivity (Wildman–Crippen MR) is 82.3 cm³/mol. The summed E-state index contributed by atoms with van der Waals surface area (Å²) in [5, 5.41) is 10.3. The summed E-state index contributed by atoms with van der Waals surface area (Å²) in [7, 11) is 3.11. The number of benzene rings is 2. The van der Waals surface area contributed by atoms with Crippen LogP contribution in [-0.4, -0.2) is 19.3 Å². The van der Waals surface area contributed by atoms with Crippen LogP contribution in [0.5, 0.6) is 11.5 Å². The van der Waals surface area contributed by atoms with Gasteiger partial charge in [0.25, 0.3) is 0 Å². The Morgan fingerprint density at radius 2 is 1.81 bits per heavy atom. The van der Waals surface area contributed by atoms with Gasteiger partial charge in [0.2, 0.25) is 0 Å². The van der Waals surface area contributed by atoms with Crippen LogP contribution in [0, 0.1) is 5.82 Å². The molecule has 21 heavy (non-hydrogen) atoms. The molecule has 0 radical (unpaired) electrons. The van der Waals surface area contributed by atoms with Gasteiger partial charge in [-0.15, -0.1) is 0 Å². The zero-order valence-electron chi connectivity index (χ0n) is 11.8. The molecular formula is C16H16BrFO3. The van der Waals surface area contributed by atoms with Gasteiger partial charge in [0.05, 0.1) is 24.8 Å². The van der Waals surface area contributed by atoms with E-state index >= 15 is 0 Å². The molecule has 0 aliphatic heterocycles. The normalized spacial score (nSPS) is 12.0. The molecule has 1 N–H and O–H groups in total. The van der Waals surface area contributed by atoms with E-state index in [1.165, 1.54) is 6.07 Å². The van der Waals surface area contributed by atoms with Crippen LogP contribution >= 0.6 is 15.9 Å². The molecule has 3 nitrogen and oxygen atoms in total. The molecule has 0 amide bonds. The van der Waals surface area contributed by atoms with Crippen molar-refractivity contribution in [2.45, 2.75) is 12.5 Å². The maximum Gasteiger partial charge on any atom is 0.161 e. The van der Waals surface area contributed by atoms with Crippen LogP contribution in [0.2, 0.25) is 0 Å².